The number of anilines is 2. The van der Waals surface area contributed by atoms with Crippen LogP contribution in [0.2, 0.25) is 0 Å². The van der Waals surface area contributed by atoms with E-state index in [0.717, 1.165) is 6.20 Å². The summed E-state index contributed by atoms with van der Waals surface area (Å²) in [5.74, 6) is -1.73. The number of likely N-dealkylation sites (N-methyl/N-ethyl adjacent to an activating group) is 1. The number of H-pyrrole nitrogens is 1. The molecule has 2 atom stereocenters. The maximum atomic E-state index is 15.8. The minimum Gasteiger partial charge on any atom is -0.367 e. The number of pyridine rings is 1. The van der Waals surface area contributed by atoms with Gasteiger partial charge in [0.05, 0.1) is 22.5 Å². The minimum absolute atomic E-state index is 0.0504. The van der Waals surface area contributed by atoms with Crippen LogP contribution in [0.15, 0.2) is 29.2 Å². The van der Waals surface area contributed by atoms with Gasteiger partial charge in [-0.05, 0) is 62.8 Å². The molecule has 8 nitrogen and oxygen atoms in total. The summed E-state index contributed by atoms with van der Waals surface area (Å²) in [6, 6.07) is 3.42. The number of piperazine rings is 1. The summed E-state index contributed by atoms with van der Waals surface area (Å²) >= 11 is 0. The Hall–Kier alpha value is -3.41. The minimum atomic E-state index is -4.93. The normalized spacial score (nSPS) is 20.8. The van der Waals surface area contributed by atoms with Crippen LogP contribution >= 0.6 is 0 Å². The van der Waals surface area contributed by atoms with E-state index in [1.54, 1.807) is 4.90 Å². The predicted molar refractivity (Wildman–Crippen MR) is 158 cm³/mol. The Labute approximate surface area is 249 Å². The Bertz CT molecular complexity index is 1400. The molecule has 1 aromatic carbocycles. The summed E-state index contributed by atoms with van der Waals surface area (Å²) in [7, 11) is 1.99. The van der Waals surface area contributed by atoms with Gasteiger partial charge in [-0.15, -0.1) is 0 Å². The number of benzene rings is 1. The number of hydrogen-bond acceptors (Lipinski definition) is 5. The second-order valence-corrected chi connectivity index (χ2v) is 13.1. The highest BCUT2D eigenvalue weighted by Gasteiger charge is 2.37. The first-order valence-corrected chi connectivity index (χ1v) is 14.6. The number of aromatic amines is 1. The van der Waals surface area contributed by atoms with E-state index in [0.29, 0.717) is 62.8 Å². The molecule has 0 radical (unpaired) electrons. The third-order valence-corrected chi connectivity index (χ3v) is 8.51. The average Bonchev–Trinajstić information content (AvgIpc) is 2.90. The summed E-state index contributed by atoms with van der Waals surface area (Å²) in [6.07, 6.45) is -2.75. The average molecular weight is 608 g/mol. The van der Waals surface area contributed by atoms with Crippen molar-refractivity contribution in [2.75, 3.05) is 43.4 Å². The zero-order valence-corrected chi connectivity index (χ0v) is 25.6. The van der Waals surface area contributed by atoms with Crippen LogP contribution in [-0.2, 0) is 11.0 Å². The van der Waals surface area contributed by atoms with Gasteiger partial charge in [0.15, 0.2) is 0 Å². The van der Waals surface area contributed by atoms with Crippen molar-refractivity contribution in [3.8, 4) is 0 Å². The van der Waals surface area contributed by atoms with Gasteiger partial charge in [0.1, 0.15) is 5.82 Å². The molecule has 2 fully saturated rings. The fourth-order valence-electron chi connectivity index (χ4n) is 5.94. The molecule has 2 aromatic rings. The van der Waals surface area contributed by atoms with Crippen molar-refractivity contribution >= 4 is 23.2 Å². The third-order valence-electron chi connectivity index (χ3n) is 8.51. The van der Waals surface area contributed by atoms with Gasteiger partial charge < -0.3 is 20.1 Å². The van der Waals surface area contributed by atoms with E-state index in [9.17, 15) is 27.6 Å². The van der Waals surface area contributed by atoms with Gasteiger partial charge in [0, 0.05) is 56.9 Å². The highest BCUT2D eigenvalue weighted by molar-refractivity contribution is 6.07. The third kappa shape index (κ3) is 7.57. The van der Waals surface area contributed by atoms with E-state index in [1.807, 2.05) is 46.6 Å². The number of piperidine rings is 1. The van der Waals surface area contributed by atoms with Crippen molar-refractivity contribution in [2.45, 2.75) is 78.1 Å². The number of halogens is 4. The number of carbonyl (C=O) groups excluding carboxylic acids is 2. The molecule has 2 N–H and O–H groups in total. The first-order valence-electron chi connectivity index (χ1n) is 14.6. The summed E-state index contributed by atoms with van der Waals surface area (Å²) in [5.41, 5.74) is -2.33. The number of rotatable bonds is 5. The number of carbonyl (C=O) groups is 2. The lowest BCUT2D eigenvalue weighted by Gasteiger charge is -2.44. The van der Waals surface area contributed by atoms with E-state index in [1.165, 1.54) is 12.1 Å². The molecule has 43 heavy (non-hydrogen) atoms. The number of alkyl halides is 3. The molecule has 12 heteroatoms. The van der Waals surface area contributed by atoms with Crippen molar-refractivity contribution in [1.82, 2.24) is 14.8 Å². The smallest absolute Gasteiger partial charge is 0.367 e. The number of nitrogens with zero attached hydrogens (tertiary/aromatic N) is 3. The zero-order valence-electron chi connectivity index (χ0n) is 25.6. The SMILES string of the molecule is C[C@@H]1CN(c2cc(F)c(C3CCN(C(=O)CC(C)(C)C)CC3)cc2NC(=O)c2c[nH]c(=O)cc2C(F)(F)F)C[C@H](C)N1C. The van der Waals surface area contributed by atoms with Crippen molar-refractivity contribution in [3.63, 3.8) is 0 Å². The lowest BCUT2D eigenvalue weighted by molar-refractivity contribution is -0.138. The Morgan fingerprint density at radius 3 is 2.19 bits per heavy atom. The van der Waals surface area contributed by atoms with Gasteiger partial charge in [-0.1, -0.05) is 20.8 Å². The molecule has 0 saturated carbocycles. The standard InChI is InChI=1S/C31H41F4N5O3/c1-18-16-40(17-19(2)38(18)6)26-13-24(32)21(20-7-9-39(10-8-20)28(42)14-30(3,4)5)11-25(26)37-29(43)22-15-36-27(41)12-23(22)31(33,34)35/h11-13,15,18-20H,7-10,14,16-17H2,1-6H3,(H,36,41)(H,37,43)/t18-,19+. The van der Waals surface area contributed by atoms with E-state index in [-0.39, 0.29) is 35.0 Å². The number of likely N-dealkylation sites (tertiary alicyclic amines) is 1. The molecule has 0 bridgehead atoms. The van der Waals surface area contributed by atoms with Gasteiger partial charge in [-0.2, -0.15) is 13.2 Å². The molecule has 3 heterocycles. The fourth-order valence-corrected chi connectivity index (χ4v) is 5.94. The molecular weight excluding hydrogens is 566 g/mol. The molecule has 4 rings (SSSR count). The van der Waals surface area contributed by atoms with Crippen LogP contribution in [0.1, 0.15) is 81.3 Å². The first kappa shape index (κ1) is 32.5. The molecule has 2 aliphatic heterocycles. The van der Waals surface area contributed by atoms with Gasteiger partial charge in [0.25, 0.3) is 5.91 Å². The number of amides is 2. The quantitative estimate of drug-likeness (QED) is 0.441. The predicted octanol–water partition coefficient (Wildman–Crippen LogP) is 5.46. The molecule has 2 aliphatic rings. The topological polar surface area (TPSA) is 88.7 Å². The van der Waals surface area contributed by atoms with Crippen LogP contribution in [0, 0.1) is 11.2 Å². The van der Waals surface area contributed by atoms with Crippen molar-refractivity contribution in [2.24, 2.45) is 5.41 Å². The molecular formula is C31H41F4N5O3. The fraction of sp³-hybridized carbons (Fsp3) is 0.581. The second kappa shape index (κ2) is 12.3. The first-order chi connectivity index (χ1) is 19.9. The largest absolute Gasteiger partial charge is 0.417 e. The van der Waals surface area contributed by atoms with E-state index in [4.69, 9.17) is 0 Å². The second-order valence-electron chi connectivity index (χ2n) is 13.1. The summed E-state index contributed by atoms with van der Waals surface area (Å²) in [6.45, 7) is 12.0. The van der Waals surface area contributed by atoms with Gasteiger partial charge in [-0.25, -0.2) is 4.39 Å². The lowest BCUT2D eigenvalue weighted by Crippen LogP contribution is -2.55. The zero-order chi connectivity index (χ0) is 31.9. The number of hydrogen-bond donors (Lipinski definition) is 2. The van der Waals surface area contributed by atoms with Crippen LogP contribution in [-0.4, -0.2) is 71.9 Å². The van der Waals surface area contributed by atoms with E-state index in [2.05, 4.69) is 15.2 Å². The lowest BCUT2D eigenvalue weighted by atomic mass is 9.87. The maximum absolute atomic E-state index is 15.8. The summed E-state index contributed by atoms with van der Waals surface area (Å²) < 4.78 is 57.0. The Morgan fingerprint density at radius 2 is 1.63 bits per heavy atom. The monoisotopic (exact) mass is 607 g/mol. The van der Waals surface area contributed by atoms with Crippen LogP contribution in [0.4, 0.5) is 28.9 Å². The van der Waals surface area contributed by atoms with E-state index < -0.39 is 34.6 Å². The number of aromatic nitrogens is 1. The van der Waals surface area contributed by atoms with Crippen LogP contribution in [0.5, 0.6) is 0 Å². The maximum Gasteiger partial charge on any atom is 0.417 e. The van der Waals surface area contributed by atoms with Crippen LogP contribution in [0.25, 0.3) is 0 Å². The number of nitrogens with one attached hydrogen (secondary N) is 2. The Morgan fingerprint density at radius 1 is 1.02 bits per heavy atom. The van der Waals surface area contributed by atoms with Crippen LogP contribution < -0.4 is 15.8 Å². The molecule has 2 saturated heterocycles. The molecule has 1 aromatic heterocycles. The summed E-state index contributed by atoms with van der Waals surface area (Å²) in [4.78, 5) is 45.8. The van der Waals surface area contributed by atoms with Crippen molar-refractivity contribution in [3.05, 3.63) is 57.3 Å². The van der Waals surface area contributed by atoms with Gasteiger partial charge in [-0.3, -0.25) is 19.3 Å². The van der Waals surface area contributed by atoms with Crippen LogP contribution in [0.3, 0.4) is 0 Å². The van der Waals surface area contributed by atoms with Crippen molar-refractivity contribution < 1.29 is 27.2 Å². The Kier molecular flexibility index (Phi) is 9.30. The Balaban J connectivity index is 1.68. The highest BCUT2D eigenvalue weighted by atomic mass is 19.4. The molecule has 2 amide bonds. The molecule has 236 valence electrons. The van der Waals surface area contributed by atoms with Gasteiger partial charge in [0.2, 0.25) is 11.5 Å². The molecule has 0 spiro atoms. The van der Waals surface area contributed by atoms with E-state index >= 15 is 4.39 Å². The highest BCUT2D eigenvalue weighted by Crippen LogP contribution is 2.39. The van der Waals surface area contributed by atoms with Crippen molar-refractivity contribution in [1.29, 1.82) is 0 Å². The summed E-state index contributed by atoms with van der Waals surface area (Å²) in [5, 5.41) is 2.61. The van der Waals surface area contributed by atoms with Gasteiger partial charge >= 0.3 is 6.18 Å². The molecule has 0 unspecified atom stereocenters. The molecule has 0 aliphatic carbocycles.